The highest BCUT2D eigenvalue weighted by molar-refractivity contribution is 5.77. The molecule has 1 aliphatic carbocycles. The van der Waals surface area contributed by atoms with Gasteiger partial charge in [-0.3, -0.25) is 4.79 Å². The second-order valence-corrected chi connectivity index (χ2v) is 6.53. The van der Waals surface area contributed by atoms with Crippen molar-refractivity contribution in [3.05, 3.63) is 29.8 Å². The summed E-state index contributed by atoms with van der Waals surface area (Å²) in [4.78, 5) is 12.1. The third kappa shape index (κ3) is 5.54. The highest BCUT2D eigenvalue weighted by Gasteiger charge is 2.31. The van der Waals surface area contributed by atoms with Crippen molar-refractivity contribution >= 4 is 5.91 Å². The van der Waals surface area contributed by atoms with Gasteiger partial charge in [-0.15, -0.1) is 0 Å². The molecule has 1 fully saturated rings. The van der Waals surface area contributed by atoms with E-state index in [0.717, 1.165) is 24.8 Å². The first-order chi connectivity index (χ1) is 11.5. The molecule has 0 aromatic heterocycles. The number of carbonyl (C=O) groups is 1. The number of hydrogen-bond donors (Lipinski definition) is 2. The summed E-state index contributed by atoms with van der Waals surface area (Å²) < 4.78 is 5.58. The number of nitrogens with zero attached hydrogens (tertiary/aromatic N) is 1. The summed E-state index contributed by atoms with van der Waals surface area (Å²) in [6, 6.07) is 9.47. The third-order valence-corrected chi connectivity index (χ3v) is 4.46. The van der Waals surface area contributed by atoms with Crippen LogP contribution in [-0.4, -0.2) is 22.7 Å². The van der Waals surface area contributed by atoms with Crippen molar-refractivity contribution in [2.24, 2.45) is 0 Å². The first-order valence-corrected chi connectivity index (χ1v) is 8.69. The van der Waals surface area contributed by atoms with Gasteiger partial charge in [-0.1, -0.05) is 38.3 Å². The van der Waals surface area contributed by atoms with Crippen molar-refractivity contribution in [1.29, 1.82) is 5.26 Å². The fourth-order valence-electron chi connectivity index (χ4n) is 3.04. The summed E-state index contributed by atoms with van der Waals surface area (Å²) in [6.45, 7) is 2.28. The van der Waals surface area contributed by atoms with Gasteiger partial charge in [-0.25, -0.2) is 0 Å². The summed E-state index contributed by atoms with van der Waals surface area (Å²) >= 11 is 0. The van der Waals surface area contributed by atoms with Gasteiger partial charge in [0.15, 0.2) is 6.10 Å². The van der Waals surface area contributed by atoms with Gasteiger partial charge in [-0.2, -0.15) is 5.26 Å². The molecule has 1 aliphatic rings. The molecule has 1 aromatic rings. The molecule has 0 bridgehead atoms. The average molecular weight is 330 g/mol. The van der Waals surface area contributed by atoms with Crippen molar-refractivity contribution in [2.75, 3.05) is 0 Å². The molecule has 2 N–H and O–H groups in total. The molecule has 1 unspecified atom stereocenters. The fourth-order valence-corrected chi connectivity index (χ4v) is 3.04. The van der Waals surface area contributed by atoms with Crippen LogP contribution in [0.15, 0.2) is 24.3 Å². The zero-order valence-corrected chi connectivity index (χ0v) is 14.3. The molecule has 1 aromatic carbocycles. The SMILES string of the molecule is CCC(C#N)Oc1cccc(CNC(=O)CC2(O)CCCCC2)c1. The Morgan fingerprint density at radius 2 is 2.17 bits per heavy atom. The van der Waals surface area contributed by atoms with Crippen LogP contribution in [0.2, 0.25) is 0 Å². The predicted octanol–water partition coefficient (Wildman–Crippen LogP) is 3.07. The lowest BCUT2D eigenvalue weighted by Gasteiger charge is -2.31. The van der Waals surface area contributed by atoms with E-state index in [2.05, 4.69) is 11.4 Å². The molecule has 5 heteroatoms. The molecule has 2 rings (SSSR count). The van der Waals surface area contributed by atoms with Crippen molar-refractivity contribution < 1.29 is 14.6 Å². The minimum atomic E-state index is -0.839. The van der Waals surface area contributed by atoms with Crippen LogP contribution in [0.4, 0.5) is 0 Å². The molecule has 0 heterocycles. The van der Waals surface area contributed by atoms with Crippen molar-refractivity contribution in [3.8, 4) is 11.8 Å². The monoisotopic (exact) mass is 330 g/mol. The number of hydrogen-bond acceptors (Lipinski definition) is 4. The maximum absolute atomic E-state index is 12.1. The minimum Gasteiger partial charge on any atom is -0.476 e. The normalized spacial score (nSPS) is 17.5. The lowest BCUT2D eigenvalue weighted by molar-refractivity contribution is -0.127. The molecule has 0 saturated heterocycles. The Morgan fingerprint density at radius 3 is 2.83 bits per heavy atom. The Hall–Kier alpha value is -2.06. The smallest absolute Gasteiger partial charge is 0.223 e. The number of rotatable bonds is 7. The summed E-state index contributed by atoms with van der Waals surface area (Å²) in [6.07, 6.45) is 4.84. The topological polar surface area (TPSA) is 82.3 Å². The third-order valence-electron chi connectivity index (χ3n) is 4.46. The lowest BCUT2D eigenvalue weighted by Crippen LogP contribution is -2.38. The van der Waals surface area contributed by atoms with E-state index in [1.165, 1.54) is 0 Å². The number of nitriles is 1. The van der Waals surface area contributed by atoms with E-state index < -0.39 is 11.7 Å². The van der Waals surface area contributed by atoms with Crippen LogP contribution in [0.25, 0.3) is 0 Å². The molecule has 0 aliphatic heterocycles. The van der Waals surface area contributed by atoms with E-state index in [9.17, 15) is 9.90 Å². The standard InChI is InChI=1S/C19H26N2O3/c1-2-16(13-20)24-17-8-6-7-15(11-17)14-21-18(22)12-19(23)9-4-3-5-10-19/h6-8,11,16,23H,2-5,9-10,12,14H2,1H3,(H,21,22). The van der Waals surface area contributed by atoms with Gasteiger partial charge in [0.1, 0.15) is 11.8 Å². The van der Waals surface area contributed by atoms with E-state index in [-0.39, 0.29) is 12.3 Å². The second kappa shape index (κ2) is 8.70. The molecular weight excluding hydrogens is 304 g/mol. The van der Waals surface area contributed by atoms with Gasteiger partial charge in [0, 0.05) is 6.54 Å². The Labute approximate surface area is 143 Å². The summed E-state index contributed by atoms with van der Waals surface area (Å²) in [5, 5.41) is 22.2. The molecular formula is C19H26N2O3. The average Bonchev–Trinajstić information content (AvgIpc) is 2.58. The Morgan fingerprint density at radius 1 is 1.42 bits per heavy atom. The minimum absolute atomic E-state index is 0.130. The first-order valence-electron chi connectivity index (χ1n) is 8.69. The van der Waals surface area contributed by atoms with Crippen LogP contribution in [0.1, 0.15) is 57.4 Å². The number of benzene rings is 1. The molecule has 5 nitrogen and oxygen atoms in total. The van der Waals surface area contributed by atoms with Crippen LogP contribution < -0.4 is 10.1 Å². The highest BCUT2D eigenvalue weighted by Crippen LogP contribution is 2.30. The van der Waals surface area contributed by atoms with Gasteiger partial charge >= 0.3 is 0 Å². The van der Waals surface area contributed by atoms with Crippen LogP contribution in [0.3, 0.4) is 0 Å². The molecule has 0 radical (unpaired) electrons. The molecule has 0 spiro atoms. The van der Waals surface area contributed by atoms with E-state index >= 15 is 0 Å². The Kier molecular flexibility index (Phi) is 6.62. The maximum atomic E-state index is 12.1. The molecule has 130 valence electrons. The zero-order valence-electron chi connectivity index (χ0n) is 14.3. The second-order valence-electron chi connectivity index (χ2n) is 6.53. The molecule has 1 atom stereocenters. The quantitative estimate of drug-likeness (QED) is 0.805. The van der Waals surface area contributed by atoms with Crippen LogP contribution in [-0.2, 0) is 11.3 Å². The lowest BCUT2D eigenvalue weighted by atomic mass is 9.82. The summed E-state index contributed by atoms with van der Waals surface area (Å²) in [5.41, 5.74) is 0.0679. The van der Waals surface area contributed by atoms with Crippen LogP contribution >= 0.6 is 0 Å². The highest BCUT2D eigenvalue weighted by atomic mass is 16.5. The summed E-state index contributed by atoms with van der Waals surface area (Å²) in [7, 11) is 0. The molecule has 1 saturated carbocycles. The van der Waals surface area contributed by atoms with Crippen molar-refractivity contribution in [2.45, 2.75) is 70.1 Å². The van der Waals surface area contributed by atoms with Crippen LogP contribution in [0.5, 0.6) is 5.75 Å². The number of nitrogens with one attached hydrogen (secondary N) is 1. The number of amides is 1. The Balaban J connectivity index is 1.85. The fraction of sp³-hybridized carbons (Fsp3) is 0.579. The largest absolute Gasteiger partial charge is 0.476 e. The van der Waals surface area contributed by atoms with Gasteiger partial charge in [0.05, 0.1) is 12.0 Å². The van der Waals surface area contributed by atoms with Gasteiger partial charge in [0.2, 0.25) is 5.91 Å². The van der Waals surface area contributed by atoms with Gasteiger partial charge in [0.25, 0.3) is 0 Å². The van der Waals surface area contributed by atoms with E-state index in [1.54, 1.807) is 6.07 Å². The molecule has 1 amide bonds. The first kappa shape index (κ1) is 18.3. The van der Waals surface area contributed by atoms with Crippen LogP contribution in [0, 0.1) is 11.3 Å². The zero-order chi connectivity index (χ0) is 17.4. The maximum Gasteiger partial charge on any atom is 0.223 e. The van der Waals surface area contributed by atoms with Crippen molar-refractivity contribution in [1.82, 2.24) is 5.32 Å². The van der Waals surface area contributed by atoms with Crippen molar-refractivity contribution in [3.63, 3.8) is 0 Å². The number of carbonyl (C=O) groups excluding carboxylic acids is 1. The van der Waals surface area contributed by atoms with Gasteiger partial charge in [-0.05, 0) is 37.0 Å². The van der Waals surface area contributed by atoms with E-state index in [4.69, 9.17) is 10.00 Å². The van der Waals surface area contributed by atoms with Gasteiger partial charge < -0.3 is 15.2 Å². The Bertz CT molecular complexity index is 589. The molecule has 24 heavy (non-hydrogen) atoms. The van der Waals surface area contributed by atoms with E-state index in [0.29, 0.717) is 31.6 Å². The summed E-state index contributed by atoms with van der Waals surface area (Å²) in [5.74, 6) is 0.496. The number of aliphatic hydroxyl groups is 1. The number of ether oxygens (including phenoxy) is 1. The predicted molar refractivity (Wildman–Crippen MR) is 91.3 cm³/mol. The van der Waals surface area contributed by atoms with E-state index in [1.807, 2.05) is 25.1 Å².